The molecule has 0 saturated heterocycles. The third-order valence-electron chi connectivity index (χ3n) is 12.0. The Morgan fingerprint density at radius 1 is 0.441 bits per heavy atom. The van der Waals surface area contributed by atoms with Crippen molar-refractivity contribution in [1.29, 1.82) is 0 Å². The smallest absolute Gasteiger partial charge is 0.172 e. The zero-order chi connectivity index (χ0) is 39.1. The molecule has 1 aliphatic heterocycles. The summed E-state index contributed by atoms with van der Waals surface area (Å²) in [5, 5.41) is 7.52. The quantitative estimate of drug-likeness (QED) is 0.157. The van der Waals surface area contributed by atoms with E-state index in [-0.39, 0.29) is 0 Å². The minimum atomic E-state index is -3.16. The number of hydrogen-bond acceptors (Lipinski definition) is 3. The van der Waals surface area contributed by atoms with Gasteiger partial charge in [0.25, 0.3) is 0 Å². The Kier molecular flexibility index (Phi) is 7.68. The summed E-state index contributed by atoms with van der Waals surface area (Å²) >= 11 is 1.84. The lowest BCUT2D eigenvalue weighted by molar-refractivity contribution is 0.593. The number of rotatable bonds is 6. The summed E-state index contributed by atoms with van der Waals surface area (Å²) in [5.41, 5.74) is 11.0. The SMILES string of the molecule is O=P1(c2ccccc2)c2ccccc2-c2ccc3c(c21)c1ccccc1n3-c1ccc(-c2ccc(N(c3ccccc3)c3ccc4c(c3)sc3ccccc34)cc2)cc1. The predicted octanol–water partition coefficient (Wildman–Crippen LogP) is 13.9. The molecule has 2 aromatic heterocycles. The summed E-state index contributed by atoms with van der Waals surface area (Å²) in [4.78, 5) is 2.34. The number of nitrogens with zero attached hydrogens (tertiary/aromatic N) is 2. The number of benzene rings is 9. The van der Waals surface area contributed by atoms with Crippen molar-refractivity contribution in [2.45, 2.75) is 0 Å². The van der Waals surface area contributed by atoms with E-state index in [2.05, 4.69) is 185 Å². The minimum absolute atomic E-state index is 0.870. The predicted molar refractivity (Wildman–Crippen MR) is 252 cm³/mol. The molecular formula is C54H35N2OPS. The monoisotopic (exact) mass is 790 g/mol. The van der Waals surface area contributed by atoms with Crippen LogP contribution in [0.1, 0.15) is 0 Å². The van der Waals surface area contributed by atoms with Gasteiger partial charge in [-0.15, -0.1) is 11.3 Å². The first-order valence-electron chi connectivity index (χ1n) is 19.9. The van der Waals surface area contributed by atoms with Crippen LogP contribution in [0.25, 0.3) is 69.9 Å². The van der Waals surface area contributed by atoms with Gasteiger partial charge in [0, 0.05) is 69.6 Å². The van der Waals surface area contributed by atoms with E-state index in [4.69, 9.17) is 0 Å². The highest BCUT2D eigenvalue weighted by Crippen LogP contribution is 2.55. The topological polar surface area (TPSA) is 25.2 Å². The van der Waals surface area contributed by atoms with Crippen LogP contribution in [0, 0.1) is 0 Å². The van der Waals surface area contributed by atoms with Crippen LogP contribution in [0.15, 0.2) is 212 Å². The number of thiophene rings is 1. The second-order valence-electron chi connectivity index (χ2n) is 15.2. The van der Waals surface area contributed by atoms with E-state index in [1.54, 1.807) is 0 Å². The fourth-order valence-electron chi connectivity index (χ4n) is 9.35. The molecule has 0 fully saturated rings. The van der Waals surface area contributed by atoms with Gasteiger partial charge in [-0.3, -0.25) is 0 Å². The molecule has 3 heterocycles. The van der Waals surface area contributed by atoms with Crippen LogP contribution in [0.2, 0.25) is 0 Å². The molecule has 3 nitrogen and oxygen atoms in total. The minimum Gasteiger partial charge on any atom is -0.310 e. The Morgan fingerprint density at radius 2 is 1.05 bits per heavy atom. The van der Waals surface area contributed by atoms with Crippen molar-refractivity contribution in [1.82, 2.24) is 4.57 Å². The Labute approximate surface area is 346 Å². The van der Waals surface area contributed by atoms with Crippen LogP contribution in [-0.4, -0.2) is 4.57 Å². The van der Waals surface area contributed by atoms with E-state index in [1.807, 2.05) is 47.7 Å². The first-order chi connectivity index (χ1) is 29.1. The van der Waals surface area contributed by atoms with Crippen LogP contribution < -0.4 is 20.8 Å². The highest BCUT2D eigenvalue weighted by molar-refractivity contribution is 7.86. The average molecular weight is 791 g/mol. The fourth-order valence-corrected chi connectivity index (χ4v) is 13.8. The maximum absolute atomic E-state index is 15.8. The Balaban J connectivity index is 0.939. The van der Waals surface area contributed by atoms with Gasteiger partial charge in [-0.25, -0.2) is 0 Å². The third kappa shape index (κ3) is 5.17. The third-order valence-corrected chi connectivity index (χ3v) is 16.3. The fraction of sp³-hybridized carbons (Fsp3) is 0. The lowest BCUT2D eigenvalue weighted by Gasteiger charge is -2.25. The lowest BCUT2D eigenvalue weighted by Crippen LogP contribution is -2.21. The molecule has 1 atom stereocenters. The summed E-state index contributed by atoms with van der Waals surface area (Å²) in [6.07, 6.45) is 0. The van der Waals surface area contributed by atoms with Gasteiger partial charge in [-0.2, -0.15) is 0 Å². The molecule has 0 radical (unpaired) electrons. The van der Waals surface area contributed by atoms with Crippen molar-refractivity contribution in [2.75, 3.05) is 4.90 Å². The largest absolute Gasteiger partial charge is 0.310 e. The molecule has 1 unspecified atom stereocenters. The van der Waals surface area contributed by atoms with E-state index in [0.29, 0.717) is 0 Å². The van der Waals surface area contributed by atoms with Gasteiger partial charge in [0.05, 0.1) is 11.0 Å². The summed E-state index contributed by atoms with van der Waals surface area (Å²) in [6, 6.07) is 75.1. The molecule has 0 saturated carbocycles. The zero-order valence-corrected chi connectivity index (χ0v) is 33.6. The molecule has 11 aromatic rings. The number of aromatic nitrogens is 1. The lowest BCUT2D eigenvalue weighted by atomic mass is 10.0. The van der Waals surface area contributed by atoms with Crippen LogP contribution in [0.5, 0.6) is 0 Å². The maximum atomic E-state index is 15.8. The highest BCUT2D eigenvalue weighted by Gasteiger charge is 2.42. The van der Waals surface area contributed by atoms with E-state index < -0.39 is 7.14 Å². The molecule has 0 bridgehead atoms. The van der Waals surface area contributed by atoms with Gasteiger partial charge >= 0.3 is 0 Å². The molecule has 9 aromatic carbocycles. The van der Waals surface area contributed by atoms with Crippen molar-refractivity contribution in [3.8, 4) is 27.9 Å². The van der Waals surface area contributed by atoms with Crippen LogP contribution >= 0.6 is 18.5 Å². The second kappa shape index (κ2) is 13.3. The summed E-state index contributed by atoms with van der Waals surface area (Å²) in [7, 11) is -3.16. The maximum Gasteiger partial charge on any atom is 0.172 e. The van der Waals surface area contributed by atoms with E-state index in [9.17, 15) is 0 Å². The first kappa shape index (κ1) is 34.1. The molecule has 0 aliphatic carbocycles. The Hall–Kier alpha value is -6.97. The first-order valence-corrected chi connectivity index (χ1v) is 22.5. The average Bonchev–Trinajstić information content (AvgIpc) is 3.93. The molecular weight excluding hydrogens is 756 g/mol. The van der Waals surface area contributed by atoms with Crippen LogP contribution in [0.4, 0.5) is 17.1 Å². The number of anilines is 3. The van der Waals surface area contributed by atoms with Gasteiger partial charge in [0.1, 0.15) is 0 Å². The van der Waals surface area contributed by atoms with Gasteiger partial charge in [-0.05, 0) is 89.0 Å². The van der Waals surface area contributed by atoms with Gasteiger partial charge < -0.3 is 14.0 Å². The molecule has 0 N–H and O–H groups in total. The number of fused-ring (bicyclic) bond motifs is 10. The van der Waals surface area contributed by atoms with Gasteiger partial charge in [-0.1, -0.05) is 146 Å². The number of para-hydroxylation sites is 2. The van der Waals surface area contributed by atoms with E-state index >= 15 is 4.57 Å². The summed E-state index contributed by atoms with van der Waals surface area (Å²) < 4.78 is 20.7. The van der Waals surface area contributed by atoms with Crippen molar-refractivity contribution in [2.24, 2.45) is 0 Å². The number of hydrogen-bond donors (Lipinski definition) is 0. The molecule has 1 aliphatic rings. The van der Waals surface area contributed by atoms with Crippen molar-refractivity contribution < 1.29 is 4.57 Å². The molecule has 12 rings (SSSR count). The normalized spacial score (nSPS) is 14.6. The van der Waals surface area contributed by atoms with E-state index in [1.165, 1.54) is 20.2 Å². The van der Waals surface area contributed by atoms with Crippen LogP contribution in [0.3, 0.4) is 0 Å². The standard InChI is InChI=1S/C54H35N2OPS/c57-58(42-15-5-2-6-16-42)50-21-11-8-17-43(50)46-33-34-49-53(54(46)58)47-19-7-10-20-48(47)56(49)40-29-25-37(26-30-40)36-23-27-39(28-24-36)55(38-13-3-1-4-14-38)41-31-32-45-44-18-9-12-22-51(44)59-52(45)35-41/h1-35H. The van der Waals surface area contributed by atoms with Crippen molar-refractivity contribution in [3.63, 3.8) is 0 Å². The second-order valence-corrected chi connectivity index (χ2v) is 19.0. The van der Waals surface area contributed by atoms with E-state index in [0.717, 1.165) is 82.7 Å². The molecule has 0 spiro atoms. The molecule has 0 amide bonds. The Morgan fingerprint density at radius 3 is 1.85 bits per heavy atom. The zero-order valence-electron chi connectivity index (χ0n) is 31.9. The molecule has 278 valence electrons. The van der Waals surface area contributed by atoms with Gasteiger partial charge in [0.2, 0.25) is 0 Å². The summed E-state index contributed by atoms with van der Waals surface area (Å²) in [5.74, 6) is 0. The summed E-state index contributed by atoms with van der Waals surface area (Å²) in [6.45, 7) is 0. The Bertz CT molecular complexity index is 3460. The highest BCUT2D eigenvalue weighted by atomic mass is 32.1. The van der Waals surface area contributed by atoms with Crippen molar-refractivity contribution >= 4 is 93.4 Å². The van der Waals surface area contributed by atoms with Crippen LogP contribution in [-0.2, 0) is 4.57 Å². The van der Waals surface area contributed by atoms with Gasteiger partial charge in [0.15, 0.2) is 7.14 Å². The molecule has 59 heavy (non-hydrogen) atoms. The molecule has 5 heteroatoms. The van der Waals surface area contributed by atoms with Crippen molar-refractivity contribution in [3.05, 3.63) is 212 Å².